The van der Waals surface area contributed by atoms with Gasteiger partial charge in [0.15, 0.2) is 0 Å². The van der Waals surface area contributed by atoms with E-state index >= 15 is 0 Å². The number of nitrogens with zero attached hydrogens (tertiary/aromatic N) is 1. The van der Waals surface area contributed by atoms with Gasteiger partial charge in [0.05, 0.1) is 0 Å². The van der Waals surface area contributed by atoms with E-state index in [2.05, 4.69) is 0 Å². The molecule has 0 atom stereocenters. The van der Waals surface area contributed by atoms with E-state index in [1.165, 1.54) is 6.26 Å². The van der Waals surface area contributed by atoms with E-state index in [0.29, 0.717) is 0 Å². The summed E-state index contributed by atoms with van der Waals surface area (Å²) in [5, 5.41) is 0.792. The number of carbonyl (C=O) groups is 2. The molecule has 0 bridgehead atoms. The van der Waals surface area contributed by atoms with Gasteiger partial charge in [-0.15, -0.1) is 5.06 Å². The second-order valence-corrected chi connectivity index (χ2v) is 2.16. The summed E-state index contributed by atoms with van der Waals surface area (Å²) in [6.07, 6.45) is 3.44. The van der Waals surface area contributed by atoms with Crippen LogP contribution in [0.1, 0.15) is 19.8 Å². The van der Waals surface area contributed by atoms with Crippen molar-refractivity contribution in [2.24, 2.45) is 0 Å². The first-order chi connectivity index (χ1) is 5.25. The van der Waals surface area contributed by atoms with E-state index in [9.17, 15) is 9.59 Å². The third-order valence-electron chi connectivity index (χ3n) is 1.31. The number of hydroxylamine groups is 2. The fourth-order valence-corrected chi connectivity index (χ4v) is 0.795. The minimum atomic E-state index is -0.270. The van der Waals surface area contributed by atoms with E-state index < -0.39 is 0 Å². The van der Waals surface area contributed by atoms with Gasteiger partial charge in [-0.25, -0.2) is 0 Å². The maximum absolute atomic E-state index is 10.8. The van der Waals surface area contributed by atoms with Gasteiger partial charge in [0.25, 0.3) is 11.8 Å². The molecule has 1 aliphatic heterocycles. The molecule has 0 spiro atoms. The summed E-state index contributed by atoms with van der Waals surface area (Å²) in [6.45, 7) is 1.74. The van der Waals surface area contributed by atoms with Gasteiger partial charge in [0, 0.05) is 12.8 Å². The lowest BCUT2D eigenvalue weighted by molar-refractivity contribution is -0.172. The molecule has 60 valence electrons. The maximum atomic E-state index is 10.8. The number of hydrogen-bond donors (Lipinski definition) is 0. The Kier molecular flexibility index (Phi) is 2.25. The summed E-state index contributed by atoms with van der Waals surface area (Å²) in [5.74, 6) is -0.541. The highest BCUT2D eigenvalue weighted by Crippen LogP contribution is 2.11. The highest BCUT2D eigenvalue weighted by Gasteiger charge is 2.30. The first-order valence-corrected chi connectivity index (χ1v) is 3.39. The van der Waals surface area contributed by atoms with Gasteiger partial charge in [-0.3, -0.25) is 9.59 Å². The van der Waals surface area contributed by atoms with Crippen molar-refractivity contribution in [1.82, 2.24) is 5.06 Å². The summed E-state index contributed by atoms with van der Waals surface area (Å²) in [4.78, 5) is 26.4. The molecule has 4 nitrogen and oxygen atoms in total. The Morgan fingerprint density at radius 1 is 1.36 bits per heavy atom. The molecule has 0 aromatic rings. The first-order valence-electron chi connectivity index (χ1n) is 3.39. The summed E-state index contributed by atoms with van der Waals surface area (Å²) in [5.41, 5.74) is 0. The van der Waals surface area contributed by atoms with Crippen LogP contribution in [0.5, 0.6) is 0 Å². The quantitative estimate of drug-likeness (QED) is 0.433. The lowest BCUT2D eigenvalue weighted by Gasteiger charge is -2.09. The van der Waals surface area contributed by atoms with Gasteiger partial charge in [-0.05, 0) is 13.0 Å². The minimum Gasteiger partial charge on any atom is -0.377 e. The zero-order chi connectivity index (χ0) is 8.27. The minimum absolute atomic E-state index is 0.260. The Morgan fingerprint density at radius 2 is 1.91 bits per heavy atom. The van der Waals surface area contributed by atoms with Gasteiger partial charge < -0.3 is 4.84 Å². The molecule has 0 aromatic heterocycles. The average Bonchev–Trinajstić information content (AvgIpc) is 2.29. The van der Waals surface area contributed by atoms with Crippen LogP contribution in [0.3, 0.4) is 0 Å². The molecule has 2 amide bonds. The van der Waals surface area contributed by atoms with Crippen LogP contribution in [-0.4, -0.2) is 16.9 Å². The summed E-state index contributed by atoms with van der Waals surface area (Å²) < 4.78 is 0. The van der Waals surface area contributed by atoms with Crippen LogP contribution in [0.2, 0.25) is 0 Å². The molecular formula is C7H9NO3. The number of imide groups is 1. The lowest BCUT2D eigenvalue weighted by Crippen LogP contribution is -2.26. The van der Waals surface area contributed by atoms with Crippen LogP contribution in [0.15, 0.2) is 12.3 Å². The second-order valence-electron chi connectivity index (χ2n) is 2.16. The van der Waals surface area contributed by atoms with Crippen LogP contribution in [0.4, 0.5) is 0 Å². The molecule has 1 rings (SSSR count). The van der Waals surface area contributed by atoms with Crippen molar-refractivity contribution in [3.63, 3.8) is 0 Å². The lowest BCUT2D eigenvalue weighted by atomic mass is 10.4. The SMILES string of the molecule is CC=CON1C(=O)CCC1=O. The molecule has 1 fully saturated rings. The van der Waals surface area contributed by atoms with E-state index in [1.54, 1.807) is 13.0 Å². The Morgan fingerprint density at radius 3 is 2.36 bits per heavy atom. The Bertz CT molecular complexity index is 194. The summed E-state index contributed by atoms with van der Waals surface area (Å²) in [6, 6.07) is 0. The molecule has 0 saturated carbocycles. The number of hydrogen-bond acceptors (Lipinski definition) is 3. The van der Waals surface area contributed by atoms with Crippen molar-refractivity contribution >= 4 is 11.8 Å². The highest BCUT2D eigenvalue weighted by atomic mass is 16.7. The van der Waals surface area contributed by atoms with Crippen molar-refractivity contribution in [3.05, 3.63) is 12.3 Å². The predicted octanol–water partition coefficient (Wildman–Crippen LogP) is 0.601. The molecule has 0 aromatic carbocycles. The van der Waals surface area contributed by atoms with Crippen molar-refractivity contribution in [3.8, 4) is 0 Å². The highest BCUT2D eigenvalue weighted by molar-refractivity contribution is 6.00. The zero-order valence-electron chi connectivity index (χ0n) is 6.24. The zero-order valence-corrected chi connectivity index (χ0v) is 6.24. The second kappa shape index (κ2) is 3.18. The Balaban J connectivity index is 2.54. The predicted molar refractivity (Wildman–Crippen MR) is 37.0 cm³/mol. The normalized spacial score (nSPS) is 18.5. The molecule has 0 N–H and O–H groups in total. The van der Waals surface area contributed by atoms with E-state index in [-0.39, 0.29) is 24.7 Å². The molecule has 4 heteroatoms. The fraction of sp³-hybridized carbons (Fsp3) is 0.429. The van der Waals surface area contributed by atoms with Gasteiger partial charge in [-0.1, -0.05) is 0 Å². The van der Waals surface area contributed by atoms with Crippen molar-refractivity contribution in [1.29, 1.82) is 0 Å². The van der Waals surface area contributed by atoms with Crippen molar-refractivity contribution in [2.75, 3.05) is 0 Å². The first kappa shape index (κ1) is 7.78. The van der Waals surface area contributed by atoms with Gasteiger partial charge >= 0.3 is 0 Å². The fourth-order valence-electron chi connectivity index (χ4n) is 0.795. The van der Waals surface area contributed by atoms with Crippen molar-refractivity contribution < 1.29 is 14.4 Å². The molecule has 1 aliphatic rings. The van der Waals surface area contributed by atoms with Crippen LogP contribution in [0, 0.1) is 0 Å². The van der Waals surface area contributed by atoms with Crippen LogP contribution in [0.25, 0.3) is 0 Å². The van der Waals surface area contributed by atoms with Crippen LogP contribution < -0.4 is 0 Å². The van der Waals surface area contributed by atoms with Gasteiger partial charge in [0.2, 0.25) is 0 Å². The van der Waals surface area contributed by atoms with Crippen LogP contribution >= 0.6 is 0 Å². The summed E-state index contributed by atoms with van der Waals surface area (Å²) >= 11 is 0. The molecule has 0 radical (unpaired) electrons. The molecule has 0 aliphatic carbocycles. The van der Waals surface area contributed by atoms with Gasteiger partial charge in [-0.2, -0.15) is 0 Å². The molecule has 1 heterocycles. The number of carbonyl (C=O) groups excluding carboxylic acids is 2. The molecular weight excluding hydrogens is 146 g/mol. The topological polar surface area (TPSA) is 46.6 Å². The largest absolute Gasteiger partial charge is 0.377 e. The van der Waals surface area contributed by atoms with Crippen molar-refractivity contribution in [2.45, 2.75) is 19.8 Å². The number of allylic oxidation sites excluding steroid dienone is 1. The number of rotatable bonds is 2. The van der Waals surface area contributed by atoms with Gasteiger partial charge in [0.1, 0.15) is 6.26 Å². The standard InChI is InChI=1S/C7H9NO3/c1-2-5-11-8-6(9)3-4-7(8)10/h2,5H,3-4H2,1H3. The number of amides is 2. The smallest absolute Gasteiger partial charge is 0.263 e. The van der Waals surface area contributed by atoms with E-state index in [0.717, 1.165) is 5.06 Å². The van der Waals surface area contributed by atoms with Crippen LogP contribution in [-0.2, 0) is 14.4 Å². The van der Waals surface area contributed by atoms with E-state index in [4.69, 9.17) is 4.84 Å². The summed E-state index contributed by atoms with van der Waals surface area (Å²) in [7, 11) is 0. The Labute approximate surface area is 64.4 Å². The third kappa shape index (κ3) is 1.58. The van der Waals surface area contributed by atoms with E-state index in [1.807, 2.05) is 0 Å². The maximum Gasteiger partial charge on any atom is 0.263 e. The molecule has 11 heavy (non-hydrogen) atoms. The average molecular weight is 155 g/mol. The Hall–Kier alpha value is -1.32. The molecule has 0 unspecified atom stereocenters. The molecule has 1 saturated heterocycles. The third-order valence-corrected chi connectivity index (χ3v) is 1.31. The monoisotopic (exact) mass is 155 g/mol.